The monoisotopic (exact) mass is 861 g/mol. The molecule has 3 aromatic heterocycles. The topological polar surface area (TPSA) is 101 Å². The summed E-state index contributed by atoms with van der Waals surface area (Å²) in [6.45, 7) is 8.07. The first-order valence-electron chi connectivity index (χ1n) is 24.2. The first kappa shape index (κ1) is 42.7. The molecule has 4 aliphatic carbocycles. The van der Waals surface area contributed by atoms with E-state index in [9.17, 15) is 10.0 Å². The molecule has 5 heterocycles. The van der Waals surface area contributed by atoms with Crippen LogP contribution >= 0.6 is 0 Å². The summed E-state index contributed by atoms with van der Waals surface area (Å²) in [7, 11) is 3.61. The maximum Gasteiger partial charge on any atom is 0.226 e. The van der Waals surface area contributed by atoms with E-state index in [0.29, 0.717) is 30.1 Å². The van der Waals surface area contributed by atoms with E-state index >= 15 is 0 Å². The van der Waals surface area contributed by atoms with Gasteiger partial charge in [0.1, 0.15) is 11.5 Å². The van der Waals surface area contributed by atoms with Crippen molar-refractivity contribution in [2.45, 2.75) is 121 Å². The zero-order valence-electron chi connectivity index (χ0n) is 38.4. The van der Waals surface area contributed by atoms with Gasteiger partial charge in [0.05, 0.1) is 32.0 Å². The second-order valence-corrected chi connectivity index (χ2v) is 19.8. The zero-order valence-corrected chi connectivity index (χ0v) is 38.4. The van der Waals surface area contributed by atoms with Crippen LogP contribution in [0, 0.1) is 25.7 Å². The number of nitrogens with one attached hydrogen (secondary N) is 1. The molecule has 0 radical (unpaired) electrons. The highest BCUT2D eigenvalue weighted by Crippen LogP contribution is 2.49. The van der Waals surface area contributed by atoms with Crippen LogP contribution in [-0.2, 0) is 36.9 Å². The largest absolute Gasteiger partial charge is 0.496 e. The SMILES string of the molecule is COc1cc(C)cc2c1C(C1CCN(C(=O)Cc3cc[n+](O)cc3)CC1)c1ncc(C3CC3)cc1CC2.COc1cc(C)cc2c1C(C1CCNCC1)c1ncc(C3CC3)cc1CC2. The van der Waals surface area contributed by atoms with Crippen molar-refractivity contribution in [1.82, 2.24) is 20.2 Å². The number of hydrogen-bond donors (Lipinski definition) is 2. The lowest BCUT2D eigenvalue weighted by Crippen LogP contribution is -2.41. The van der Waals surface area contributed by atoms with Gasteiger partial charge in [0.2, 0.25) is 18.3 Å². The molecule has 2 aromatic carbocycles. The van der Waals surface area contributed by atoms with Crippen molar-refractivity contribution in [1.29, 1.82) is 0 Å². The van der Waals surface area contributed by atoms with Gasteiger partial charge in [-0.3, -0.25) is 20.0 Å². The number of fused-ring (bicyclic) bond motifs is 4. The van der Waals surface area contributed by atoms with Gasteiger partial charge in [-0.1, -0.05) is 24.3 Å². The Morgan fingerprint density at radius 1 is 0.672 bits per heavy atom. The van der Waals surface area contributed by atoms with E-state index in [-0.39, 0.29) is 11.8 Å². The average Bonchev–Trinajstić information content (AvgIpc) is 4.24. The number of carbonyl (C=O) groups excluding carboxylic acids is 1. The van der Waals surface area contributed by atoms with Crippen LogP contribution in [0.4, 0.5) is 0 Å². The number of rotatable bonds is 8. The molecular formula is C55H66N5O4+. The smallest absolute Gasteiger partial charge is 0.226 e. The van der Waals surface area contributed by atoms with Crippen LogP contribution in [0.2, 0.25) is 0 Å². The van der Waals surface area contributed by atoms with Crippen molar-refractivity contribution in [2.24, 2.45) is 11.8 Å². The summed E-state index contributed by atoms with van der Waals surface area (Å²) in [6.07, 6.45) is 21.6. The van der Waals surface area contributed by atoms with Crippen molar-refractivity contribution in [3.8, 4) is 11.5 Å². The van der Waals surface area contributed by atoms with Gasteiger partial charge in [0.25, 0.3) is 0 Å². The molecule has 9 nitrogen and oxygen atoms in total. The lowest BCUT2D eigenvalue weighted by atomic mass is 9.75. The fourth-order valence-electron chi connectivity index (χ4n) is 11.7. The number of nitrogens with zero attached hydrogens (tertiary/aromatic N) is 4. The molecule has 5 aromatic rings. The molecule has 334 valence electrons. The maximum atomic E-state index is 13.1. The summed E-state index contributed by atoms with van der Waals surface area (Å²) in [4.78, 5) is 25.3. The van der Waals surface area contributed by atoms with Gasteiger partial charge in [0.15, 0.2) is 0 Å². The standard InChI is InChI=1S/C31H36N3O3.C24H30N2O/c1-20-15-24-5-6-25-18-26(22-3-4-22)19-32-31(25)30(29(24)27(16-20)37-2)23-9-11-33(12-10-23)28(35)17-21-7-13-34(36)14-8-21;1-15-11-18-5-6-19-13-20(16-3-4-16)14-26-24(19)23(17-7-9-25-10-8-17)22(18)21(12-15)27-2/h7-8,13-16,18-19,22-23,30,36H,3-6,9-12,17H2,1-2H3;11-14,16-17,23,25H,3-10H2,1-2H3/q+1;. The van der Waals surface area contributed by atoms with Crippen LogP contribution in [-0.4, -0.2) is 66.4 Å². The van der Waals surface area contributed by atoms with Crippen molar-refractivity contribution < 1.29 is 24.2 Å². The molecular weight excluding hydrogens is 795 g/mol. The van der Waals surface area contributed by atoms with E-state index in [4.69, 9.17) is 19.4 Å². The number of amides is 1. The lowest BCUT2D eigenvalue weighted by molar-refractivity contribution is -0.904. The number of piperidine rings is 2. The molecule has 0 bridgehead atoms. The Hall–Kier alpha value is -5.28. The molecule has 9 heteroatoms. The van der Waals surface area contributed by atoms with Crippen molar-refractivity contribution in [2.75, 3.05) is 40.4 Å². The summed E-state index contributed by atoms with van der Waals surface area (Å²) in [6, 6.07) is 17.6. The Kier molecular flexibility index (Phi) is 12.2. The van der Waals surface area contributed by atoms with E-state index in [1.165, 1.54) is 106 Å². The molecule has 64 heavy (non-hydrogen) atoms. The second-order valence-electron chi connectivity index (χ2n) is 19.8. The van der Waals surface area contributed by atoms with Gasteiger partial charge in [0, 0.05) is 65.3 Å². The minimum absolute atomic E-state index is 0.149. The summed E-state index contributed by atoms with van der Waals surface area (Å²) in [5.74, 6) is 5.24. The zero-order chi connectivity index (χ0) is 43.9. The molecule has 6 aliphatic rings. The molecule has 0 spiro atoms. The minimum atomic E-state index is 0.149. The minimum Gasteiger partial charge on any atom is -0.496 e. The van der Waals surface area contributed by atoms with Gasteiger partial charge in [-0.2, -0.15) is 0 Å². The van der Waals surface area contributed by atoms with E-state index in [1.807, 2.05) is 12.0 Å². The van der Waals surface area contributed by atoms with E-state index in [2.05, 4.69) is 68.0 Å². The van der Waals surface area contributed by atoms with Crippen molar-refractivity contribution in [3.05, 3.63) is 146 Å². The average molecular weight is 861 g/mol. The molecule has 2 atom stereocenters. The van der Waals surface area contributed by atoms with Gasteiger partial charge >= 0.3 is 0 Å². The fourth-order valence-corrected chi connectivity index (χ4v) is 11.7. The summed E-state index contributed by atoms with van der Waals surface area (Å²) in [5.41, 5.74) is 17.3. The van der Waals surface area contributed by atoms with Crippen LogP contribution in [0.3, 0.4) is 0 Å². The van der Waals surface area contributed by atoms with E-state index in [0.717, 1.165) is 92.4 Å². The summed E-state index contributed by atoms with van der Waals surface area (Å²) < 4.78 is 12.9. The highest BCUT2D eigenvalue weighted by molar-refractivity contribution is 5.78. The Balaban J connectivity index is 0.000000159. The van der Waals surface area contributed by atoms with Crippen LogP contribution in [0.25, 0.3) is 0 Å². The Bertz CT molecular complexity index is 2500. The molecule has 2 aliphatic heterocycles. The highest BCUT2D eigenvalue weighted by Gasteiger charge is 2.39. The number of hydrogen-bond acceptors (Lipinski definition) is 7. The Morgan fingerprint density at radius 2 is 1.14 bits per heavy atom. The third kappa shape index (κ3) is 8.89. The lowest BCUT2D eigenvalue weighted by Gasteiger charge is -2.37. The van der Waals surface area contributed by atoms with Gasteiger partial charge in [-0.25, -0.2) is 0 Å². The van der Waals surface area contributed by atoms with E-state index < -0.39 is 0 Å². The van der Waals surface area contributed by atoms with Gasteiger partial charge in [-0.15, -0.1) is 0 Å². The number of methoxy groups -OCH3 is 2. The normalized spacial score (nSPS) is 20.9. The third-order valence-corrected chi connectivity index (χ3v) is 15.3. The number of aryl methyl sites for hydroxylation is 6. The molecule has 2 unspecified atom stereocenters. The molecule has 2 saturated carbocycles. The van der Waals surface area contributed by atoms with Crippen LogP contribution in [0.1, 0.15) is 148 Å². The molecule has 4 fully saturated rings. The third-order valence-electron chi connectivity index (χ3n) is 15.3. The van der Waals surface area contributed by atoms with Crippen molar-refractivity contribution >= 4 is 5.91 Å². The quantitative estimate of drug-likeness (QED) is 0.119. The molecule has 11 rings (SSSR count). The van der Waals surface area contributed by atoms with Gasteiger partial charge < -0.3 is 19.7 Å². The molecule has 1 amide bonds. The Morgan fingerprint density at radius 3 is 1.61 bits per heavy atom. The first-order chi connectivity index (χ1) is 31.2. The van der Waals surface area contributed by atoms with E-state index in [1.54, 1.807) is 31.6 Å². The number of carbonyl (C=O) groups is 1. The number of benzene rings is 2. The summed E-state index contributed by atoms with van der Waals surface area (Å²) >= 11 is 0. The second kappa shape index (κ2) is 18.3. The predicted molar refractivity (Wildman–Crippen MR) is 249 cm³/mol. The fraction of sp³-hybridized carbons (Fsp3) is 0.491. The van der Waals surface area contributed by atoms with Crippen LogP contribution < -0.4 is 19.5 Å². The number of likely N-dealkylation sites (tertiary alicyclic amines) is 1. The number of ether oxygens (including phenoxy) is 2. The predicted octanol–water partition coefficient (Wildman–Crippen LogP) is 9.02. The summed E-state index contributed by atoms with van der Waals surface area (Å²) in [5, 5.41) is 13.0. The van der Waals surface area contributed by atoms with Crippen LogP contribution in [0.5, 0.6) is 11.5 Å². The Labute approximate surface area is 379 Å². The van der Waals surface area contributed by atoms with Crippen LogP contribution in [0.15, 0.2) is 73.3 Å². The van der Waals surface area contributed by atoms with Gasteiger partial charge in [-0.05, 0) is 190 Å². The number of pyridine rings is 3. The first-order valence-corrected chi connectivity index (χ1v) is 24.2. The highest BCUT2D eigenvalue weighted by atomic mass is 16.5. The molecule has 2 N–H and O–H groups in total. The molecule has 2 saturated heterocycles. The number of aromatic nitrogens is 3. The maximum absolute atomic E-state index is 13.1. The van der Waals surface area contributed by atoms with Crippen molar-refractivity contribution in [3.63, 3.8) is 0 Å².